The number of carbonyl (C=O) groups is 2. The van der Waals surface area contributed by atoms with E-state index in [1.54, 1.807) is 4.68 Å². The lowest BCUT2D eigenvalue weighted by atomic mass is 9.90. The molecule has 2 amide bonds. The maximum Gasteiger partial charge on any atom is 0.337 e. The normalized spacial score (nSPS) is 13.7. The molecule has 0 aliphatic heterocycles. The lowest BCUT2D eigenvalue weighted by Crippen LogP contribution is -2.47. The number of para-hydroxylation sites is 1. The molecule has 1 atom stereocenters. The number of amides is 2. The zero-order valence-electron chi connectivity index (χ0n) is 16.2. The third kappa shape index (κ3) is 4.65. The zero-order valence-corrected chi connectivity index (χ0v) is 16.2. The first-order chi connectivity index (χ1) is 12.4. The Balaban J connectivity index is 2.34. The van der Waals surface area contributed by atoms with Crippen molar-refractivity contribution >= 4 is 17.8 Å². The summed E-state index contributed by atoms with van der Waals surface area (Å²) in [7, 11) is 0. The van der Waals surface area contributed by atoms with Gasteiger partial charge in [0.05, 0.1) is 17.9 Å². The van der Waals surface area contributed by atoms with Crippen molar-refractivity contribution < 1.29 is 19.8 Å². The SMILES string of the molecule is Cc1c(C(C)(C)C)nn(-c2ccccc2)c1NC(=O)NCC(C)(O)C(=O)O. The zero-order chi connectivity index (χ0) is 20.4. The molecule has 0 radical (unpaired) electrons. The fourth-order valence-corrected chi connectivity index (χ4v) is 2.59. The van der Waals surface area contributed by atoms with Crippen LogP contribution in [0.2, 0.25) is 0 Å². The lowest BCUT2D eigenvalue weighted by molar-refractivity contribution is -0.155. The minimum Gasteiger partial charge on any atom is -0.479 e. The Morgan fingerprint density at radius 2 is 1.74 bits per heavy atom. The second-order valence-electron chi connectivity index (χ2n) is 7.71. The van der Waals surface area contributed by atoms with Crippen molar-refractivity contribution in [2.24, 2.45) is 0 Å². The monoisotopic (exact) mass is 374 g/mol. The summed E-state index contributed by atoms with van der Waals surface area (Å²) in [6.45, 7) is 8.66. The number of nitrogens with one attached hydrogen (secondary N) is 2. The number of carboxylic acids is 1. The Kier molecular flexibility index (Phi) is 5.60. The molecule has 2 aromatic rings. The molecule has 1 heterocycles. The van der Waals surface area contributed by atoms with Gasteiger partial charge in [0, 0.05) is 11.0 Å². The molecule has 0 fully saturated rings. The summed E-state index contributed by atoms with van der Waals surface area (Å²) in [4.78, 5) is 23.3. The van der Waals surface area contributed by atoms with Crippen LogP contribution in [-0.2, 0) is 10.2 Å². The van der Waals surface area contributed by atoms with E-state index < -0.39 is 24.1 Å². The first kappa shape index (κ1) is 20.4. The van der Waals surface area contributed by atoms with Gasteiger partial charge in [-0.3, -0.25) is 5.32 Å². The summed E-state index contributed by atoms with van der Waals surface area (Å²) >= 11 is 0. The molecule has 146 valence electrons. The molecule has 1 unspecified atom stereocenters. The van der Waals surface area contributed by atoms with Crippen molar-refractivity contribution in [3.8, 4) is 5.69 Å². The predicted octanol–water partition coefficient (Wildman–Crippen LogP) is 2.44. The maximum absolute atomic E-state index is 12.3. The smallest absolute Gasteiger partial charge is 0.337 e. The van der Waals surface area contributed by atoms with E-state index in [1.165, 1.54) is 0 Å². The first-order valence-corrected chi connectivity index (χ1v) is 8.59. The van der Waals surface area contributed by atoms with E-state index in [-0.39, 0.29) is 5.41 Å². The van der Waals surface area contributed by atoms with Gasteiger partial charge in [-0.25, -0.2) is 14.3 Å². The van der Waals surface area contributed by atoms with E-state index in [0.717, 1.165) is 23.9 Å². The van der Waals surface area contributed by atoms with Gasteiger partial charge >= 0.3 is 12.0 Å². The van der Waals surface area contributed by atoms with Gasteiger partial charge in [0.1, 0.15) is 5.82 Å². The third-order valence-electron chi connectivity index (χ3n) is 4.12. The molecule has 0 aliphatic carbocycles. The Hall–Kier alpha value is -2.87. The van der Waals surface area contributed by atoms with E-state index in [4.69, 9.17) is 5.11 Å². The van der Waals surface area contributed by atoms with Crippen LogP contribution in [-0.4, -0.2) is 44.1 Å². The molecule has 0 aliphatic rings. The number of aliphatic carboxylic acids is 1. The average Bonchev–Trinajstić information content (AvgIpc) is 2.91. The van der Waals surface area contributed by atoms with Crippen LogP contribution in [0.1, 0.15) is 39.0 Å². The number of aliphatic hydroxyl groups is 1. The quantitative estimate of drug-likeness (QED) is 0.641. The van der Waals surface area contributed by atoms with Gasteiger partial charge in [-0.2, -0.15) is 5.10 Å². The van der Waals surface area contributed by atoms with Crippen LogP contribution >= 0.6 is 0 Å². The highest BCUT2D eigenvalue weighted by Crippen LogP contribution is 2.31. The number of carboxylic acid groups (broad SMARTS) is 1. The first-order valence-electron chi connectivity index (χ1n) is 8.59. The second-order valence-corrected chi connectivity index (χ2v) is 7.71. The molecule has 8 heteroatoms. The molecule has 27 heavy (non-hydrogen) atoms. The number of benzene rings is 1. The summed E-state index contributed by atoms with van der Waals surface area (Å²) in [5, 5.41) is 28.5. The number of hydrogen-bond donors (Lipinski definition) is 4. The van der Waals surface area contributed by atoms with Crippen LogP contribution in [0.15, 0.2) is 30.3 Å². The molecule has 0 bridgehead atoms. The molecular formula is C19H26N4O4. The standard InChI is InChI=1S/C19H26N4O4/c1-12-14(18(2,3)4)22-23(13-9-7-6-8-10-13)15(12)21-17(26)20-11-19(5,27)16(24)25/h6-10,27H,11H2,1-5H3,(H,24,25)(H2,20,21,26). The van der Waals surface area contributed by atoms with Gasteiger partial charge in [0.15, 0.2) is 5.60 Å². The maximum atomic E-state index is 12.3. The molecule has 1 aromatic heterocycles. The molecular weight excluding hydrogens is 348 g/mol. The summed E-state index contributed by atoms with van der Waals surface area (Å²) in [6.07, 6.45) is 0. The molecule has 1 aromatic carbocycles. The van der Waals surface area contributed by atoms with Gasteiger partial charge in [-0.05, 0) is 26.0 Å². The number of carbonyl (C=O) groups excluding carboxylic acids is 1. The van der Waals surface area contributed by atoms with E-state index in [1.807, 2.05) is 58.0 Å². The Bertz CT molecular complexity index is 835. The molecule has 2 rings (SSSR count). The second kappa shape index (κ2) is 7.40. The molecule has 8 nitrogen and oxygen atoms in total. The van der Waals surface area contributed by atoms with E-state index in [9.17, 15) is 14.7 Å². The topological polar surface area (TPSA) is 116 Å². The molecule has 0 saturated carbocycles. The van der Waals surface area contributed by atoms with E-state index in [0.29, 0.717) is 5.82 Å². The minimum atomic E-state index is -2.05. The minimum absolute atomic E-state index is 0.232. The number of anilines is 1. The van der Waals surface area contributed by atoms with Gasteiger partial charge in [-0.15, -0.1) is 0 Å². The number of hydrogen-bond acceptors (Lipinski definition) is 4. The van der Waals surface area contributed by atoms with Crippen LogP contribution in [0.3, 0.4) is 0 Å². The Labute approximate surface area is 158 Å². The molecule has 4 N–H and O–H groups in total. The average molecular weight is 374 g/mol. The van der Waals surface area contributed by atoms with Gasteiger partial charge in [-0.1, -0.05) is 39.0 Å². The fourth-order valence-electron chi connectivity index (χ4n) is 2.59. The predicted molar refractivity (Wildman–Crippen MR) is 102 cm³/mol. The Morgan fingerprint density at radius 3 is 2.26 bits per heavy atom. The number of nitrogens with zero attached hydrogens (tertiary/aromatic N) is 2. The Morgan fingerprint density at radius 1 is 1.15 bits per heavy atom. The third-order valence-corrected chi connectivity index (χ3v) is 4.12. The van der Waals surface area contributed by atoms with Crippen molar-refractivity contribution in [1.82, 2.24) is 15.1 Å². The van der Waals surface area contributed by atoms with Crippen molar-refractivity contribution in [2.75, 3.05) is 11.9 Å². The van der Waals surface area contributed by atoms with Crippen LogP contribution in [0.4, 0.5) is 10.6 Å². The van der Waals surface area contributed by atoms with Crippen molar-refractivity contribution in [3.63, 3.8) is 0 Å². The van der Waals surface area contributed by atoms with Crippen LogP contribution in [0.5, 0.6) is 0 Å². The number of rotatable bonds is 5. The summed E-state index contributed by atoms with van der Waals surface area (Å²) in [6, 6.07) is 8.75. The fraction of sp³-hybridized carbons (Fsp3) is 0.421. The highest BCUT2D eigenvalue weighted by molar-refractivity contribution is 5.90. The number of aromatic nitrogens is 2. The lowest BCUT2D eigenvalue weighted by Gasteiger charge is -2.19. The summed E-state index contributed by atoms with van der Waals surface area (Å²) in [5.41, 5.74) is 0.140. The largest absolute Gasteiger partial charge is 0.479 e. The van der Waals surface area contributed by atoms with Crippen LogP contribution < -0.4 is 10.6 Å². The highest BCUT2D eigenvalue weighted by atomic mass is 16.4. The number of urea groups is 1. The van der Waals surface area contributed by atoms with Crippen LogP contribution in [0.25, 0.3) is 5.69 Å². The van der Waals surface area contributed by atoms with Gasteiger partial charge in [0.2, 0.25) is 0 Å². The molecule has 0 saturated heterocycles. The van der Waals surface area contributed by atoms with Crippen LogP contribution in [0, 0.1) is 6.92 Å². The van der Waals surface area contributed by atoms with Crippen molar-refractivity contribution in [2.45, 2.75) is 45.6 Å². The van der Waals surface area contributed by atoms with E-state index in [2.05, 4.69) is 15.7 Å². The van der Waals surface area contributed by atoms with Gasteiger partial charge < -0.3 is 15.5 Å². The van der Waals surface area contributed by atoms with Crippen molar-refractivity contribution in [1.29, 1.82) is 0 Å². The summed E-state index contributed by atoms with van der Waals surface area (Å²) < 4.78 is 1.64. The molecule has 0 spiro atoms. The highest BCUT2D eigenvalue weighted by Gasteiger charge is 2.31. The van der Waals surface area contributed by atoms with Gasteiger partial charge in [0.25, 0.3) is 0 Å². The van der Waals surface area contributed by atoms with Crippen molar-refractivity contribution in [3.05, 3.63) is 41.6 Å². The summed E-state index contributed by atoms with van der Waals surface area (Å²) in [5.74, 6) is -0.929. The van der Waals surface area contributed by atoms with E-state index >= 15 is 0 Å².